The Morgan fingerprint density at radius 3 is 2.14 bits per heavy atom. The van der Waals surface area contributed by atoms with E-state index >= 15 is 0 Å². The van der Waals surface area contributed by atoms with Gasteiger partial charge >= 0.3 is 0 Å². The van der Waals surface area contributed by atoms with E-state index in [9.17, 15) is 0 Å². The summed E-state index contributed by atoms with van der Waals surface area (Å²) >= 11 is 0. The summed E-state index contributed by atoms with van der Waals surface area (Å²) in [6.45, 7) is 2.24. The Labute approximate surface area is 135 Å². The number of rotatable bonds is 5. The minimum atomic E-state index is 1.08. The zero-order valence-electron chi connectivity index (χ0n) is 14.4. The van der Waals surface area contributed by atoms with Gasteiger partial charge in [-0.3, -0.25) is 4.98 Å². The molecule has 122 valence electrons. The highest BCUT2D eigenvalue weighted by molar-refractivity contribution is 5.61. The highest BCUT2D eigenvalue weighted by Crippen LogP contribution is 2.34. The Morgan fingerprint density at radius 1 is 0.864 bits per heavy atom. The summed E-state index contributed by atoms with van der Waals surface area (Å²) in [4.78, 5) is 7.35. The van der Waals surface area contributed by atoms with Gasteiger partial charge in [0.1, 0.15) is 0 Å². The minimum absolute atomic E-state index is 1.08. The van der Waals surface area contributed by atoms with Crippen molar-refractivity contribution in [2.24, 2.45) is 0 Å². The largest absolute Gasteiger partial charge is 0.384 e. The van der Waals surface area contributed by atoms with E-state index in [1.165, 1.54) is 81.3 Å². The van der Waals surface area contributed by atoms with E-state index in [1.54, 1.807) is 11.1 Å². The molecule has 1 aromatic rings. The van der Waals surface area contributed by atoms with Gasteiger partial charge < -0.3 is 10.2 Å². The Morgan fingerprint density at radius 2 is 1.45 bits per heavy atom. The second kappa shape index (κ2) is 7.45. The molecule has 0 saturated carbocycles. The molecule has 1 N–H and O–H groups in total. The Bertz CT molecular complexity index is 508. The van der Waals surface area contributed by atoms with Gasteiger partial charge in [-0.15, -0.1) is 0 Å². The lowest BCUT2D eigenvalue weighted by atomic mass is 9.90. The van der Waals surface area contributed by atoms with E-state index in [4.69, 9.17) is 4.98 Å². The van der Waals surface area contributed by atoms with Gasteiger partial charge in [0.2, 0.25) is 0 Å². The van der Waals surface area contributed by atoms with Crippen LogP contribution in [-0.2, 0) is 25.7 Å². The van der Waals surface area contributed by atoms with Crippen LogP contribution in [0.25, 0.3) is 0 Å². The zero-order chi connectivity index (χ0) is 15.4. The lowest BCUT2D eigenvalue weighted by molar-refractivity contribution is 0.405. The number of aromatic nitrogens is 1. The van der Waals surface area contributed by atoms with Gasteiger partial charge in [-0.05, 0) is 89.6 Å². The van der Waals surface area contributed by atoms with Crippen LogP contribution in [0.15, 0.2) is 0 Å². The Balaban J connectivity index is 1.84. The second-order valence-corrected chi connectivity index (χ2v) is 7.19. The first kappa shape index (κ1) is 15.8. The van der Waals surface area contributed by atoms with Crippen LogP contribution in [0.4, 0.5) is 5.69 Å². The van der Waals surface area contributed by atoms with Crippen molar-refractivity contribution in [2.75, 3.05) is 32.5 Å². The average Bonchev–Trinajstić information content (AvgIpc) is 2.75. The van der Waals surface area contributed by atoms with Gasteiger partial charge in [0.15, 0.2) is 0 Å². The molecule has 0 aromatic carbocycles. The van der Waals surface area contributed by atoms with Crippen LogP contribution in [0, 0.1) is 0 Å². The molecular formula is C19H31N3. The number of fused-ring (bicyclic) bond motifs is 2. The predicted molar refractivity (Wildman–Crippen MR) is 93.8 cm³/mol. The third kappa shape index (κ3) is 3.62. The molecule has 2 aliphatic rings. The minimum Gasteiger partial charge on any atom is -0.384 e. The molecule has 0 unspecified atom stereocenters. The number of hydrogen-bond donors (Lipinski definition) is 1. The van der Waals surface area contributed by atoms with Crippen LogP contribution < -0.4 is 5.32 Å². The number of nitrogens with zero attached hydrogens (tertiary/aromatic N) is 2. The van der Waals surface area contributed by atoms with Crippen molar-refractivity contribution in [2.45, 2.75) is 64.2 Å². The number of nitrogens with one attached hydrogen (secondary N) is 1. The fourth-order valence-electron chi connectivity index (χ4n) is 3.91. The van der Waals surface area contributed by atoms with Crippen molar-refractivity contribution in [1.82, 2.24) is 9.88 Å². The molecule has 22 heavy (non-hydrogen) atoms. The molecule has 0 bridgehead atoms. The van der Waals surface area contributed by atoms with Crippen molar-refractivity contribution in [3.63, 3.8) is 0 Å². The number of pyridine rings is 1. The van der Waals surface area contributed by atoms with Crippen molar-refractivity contribution >= 4 is 5.69 Å². The molecule has 0 fully saturated rings. The number of hydrogen-bond acceptors (Lipinski definition) is 3. The first-order valence-corrected chi connectivity index (χ1v) is 9.18. The van der Waals surface area contributed by atoms with E-state index in [0.29, 0.717) is 0 Å². The first-order chi connectivity index (χ1) is 10.8. The van der Waals surface area contributed by atoms with Crippen LogP contribution in [0.3, 0.4) is 0 Å². The third-order valence-electron chi connectivity index (χ3n) is 5.08. The van der Waals surface area contributed by atoms with E-state index in [-0.39, 0.29) is 0 Å². The monoisotopic (exact) mass is 301 g/mol. The maximum Gasteiger partial charge on any atom is 0.0459 e. The molecular weight excluding hydrogens is 270 g/mol. The lowest BCUT2D eigenvalue weighted by Gasteiger charge is -2.24. The van der Waals surface area contributed by atoms with Crippen molar-refractivity contribution in [3.05, 3.63) is 22.5 Å². The first-order valence-electron chi connectivity index (χ1n) is 9.18. The topological polar surface area (TPSA) is 28.2 Å². The molecule has 0 amide bonds. The summed E-state index contributed by atoms with van der Waals surface area (Å²) in [7, 11) is 4.31. The van der Waals surface area contributed by atoms with Gasteiger partial charge in [-0.2, -0.15) is 0 Å². The second-order valence-electron chi connectivity index (χ2n) is 7.19. The molecule has 3 nitrogen and oxygen atoms in total. The molecule has 0 aliphatic heterocycles. The summed E-state index contributed by atoms with van der Waals surface area (Å²) in [5.41, 5.74) is 7.41. The maximum atomic E-state index is 5.08. The fraction of sp³-hybridized carbons (Fsp3) is 0.737. The average molecular weight is 301 g/mol. The van der Waals surface area contributed by atoms with Gasteiger partial charge in [0, 0.05) is 23.6 Å². The quantitative estimate of drug-likeness (QED) is 0.665. The molecule has 3 heteroatoms. The van der Waals surface area contributed by atoms with E-state index in [1.807, 2.05) is 0 Å². The summed E-state index contributed by atoms with van der Waals surface area (Å²) in [5, 5.41) is 3.82. The SMILES string of the molecule is CN(C)CCCNc1c2c(nc3c1CCCC3)CCCCC2. The van der Waals surface area contributed by atoms with Gasteiger partial charge in [0.05, 0.1) is 0 Å². The molecule has 3 rings (SSSR count). The van der Waals surface area contributed by atoms with Crippen LogP contribution in [0.2, 0.25) is 0 Å². The summed E-state index contributed by atoms with van der Waals surface area (Å²) in [6.07, 6.45) is 12.7. The van der Waals surface area contributed by atoms with Crippen molar-refractivity contribution < 1.29 is 0 Å². The number of anilines is 1. The zero-order valence-corrected chi connectivity index (χ0v) is 14.4. The van der Waals surface area contributed by atoms with E-state index in [2.05, 4.69) is 24.3 Å². The normalized spacial score (nSPS) is 17.8. The maximum absolute atomic E-state index is 5.08. The molecule has 0 atom stereocenters. The summed E-state index contributed by atoms with van der Waals surface area (Å²) in [5.74, 6) is 0. The fourth-order valence-corrected chi connectivity index (χ4v) is 3.91. The Kier molecular flexibility index (Phi) is 5.35. The van der Waals surface area contributed by atoms with Crippen molar-refractivity contribution in [3.8, 4) is 0 Å². The van der Waals surface area contributed by atoms with Crippen LogP contribution in [0.1, 0.15) is 61.0 Å². The molecule has 0 spiro atoms. The highest BCUT2D eigenvalue weighted by Gasteiger charge is 2.22. The highest BCUT2D eigenvalue weighted by atomic mass is 15.1. The molecule has 2 aliphatic carbocycles. The lowest BCUT2D eigenvalue weighted by Crippen LogP contribution is -2.19. The Hall–Kier alpha value is -1.09. The predicted octanol–water partition coefficient (Wildman–Crippen LogP) is 3.59. The summed E-state index contributed by atoms with van der Waals surface area (Å²) < 4.78 is 0. The molecule has 0 saturated heterocycles. The standard InChI is InChI=1S/C19H31N3/c1-22(2)14-8-13-20-19-15-9-4-3-5-11-17(15)21-18-12-7-6-10-16(18)19/h3-14H2,1-2H3,(H,20,21). The smallest absolute Gasteiger partial charge is 0.0459 e. The van der Waals surface area contributed by atoms with Crippen molar-refractivity contribution in [1.29, 1.82) is 0 Å². The summed E-state index contributed by atoms with van der Waals surface area (Å²) in [6, 6.07) is 0. The molecule has 0 radical (unpaired) electrons. The third-order valence-corrected chi connectivity index (χ3v) is 5.08. The molecule has 1 aromatic heterocycles. The molecule has 1 heterocycles. The van der Waals surface area contributed by atoms with E-state index < -0.39 is 0 Å². The van der Waals surface area contributed by atoms with Crippen LogP contribution in [-0.4, -0.2) is 37.1 Å². The van der Waals surface area contributed by atoms with Gasteiger partial charge in [-0.25, -0.2) is 0 Å². The van der Waals surface area contributed by atoms with Crippen LogP contribution >= 0.6 is 0 Å². The van der Waals surface area contributed by atoms with Gasteiger partial charge in [-0.1, -0.05) is 6.42 Å². The van der Waals surface area contributed by atoms with E-state index in [0.717, 1.165) is 13.1 Å². The van der Waals surface area contributed by atoms with Gasteiger partial charge in [0.25, 0.3) is 0 Å². The van der Waals surface area contributed by atoms with Crippen LogP contribution in [0.5, 0.6) is 0 Å². The number of aryl methyl sites for hydroxylation is 2.